The highest BCUT2D eigenvalue weighted by Crippen LogP contribution is 2.36. The normalized spacial score (nSPS) is 15.3. The zero-order valence-corrected chi connectivity index (χ0v) is 19.2. The molecule has 0 saturated carbocycles. The fourth-order valence-electron chi connectivity index (χ4n) is 3.50. The number of aromatic nitrogens is 2. The van der Waals surface area contributed by atoms with Crippen molar-refractivity contribution in [2.75, 3.05) is 11.1 Å². The molecular weight excluding hydrogens is 471 g/mol. The molecule has 0 spiro atoms. The Bertz CT molecular complexity index is 1230. The minimum absolute atomic E-state index is 0.163. The van der Waals surface area contributed by atoms with Crippen molar-refractivity contribution in [2.24, 2.45) is 0 Å². The lowest BCUT2D eigenvalue weighted by Gasteiger charge is -2.15. The third-order valence-electron chi connectivity index (χ3n) is 4.99. The molecule has 4 rings (SSSR count). The lowest BCUT2D eigenvalue weighted by molar-refractivity contribution is -0.137. The van der Waals surface area contributed by atoms with Gasteiger partial charge in [0.2, 0.25) is 5.91 Å². The molecule has 0 unspecified atom stereocenters. The molecule has 1 aromatic heterocycles. The van der Waals surface area contributed by atoms with Crippen LogP contribution >= 0.6 is 23.5 Å². The van der Waals surface area contributed by atoms with Crippen molar-refractivity contribution in [1.29, 1.82) is 0 Å². The summed E-state index contributed by atoms with van der Waals surface area (Å²) in [6.45, 7) is 2.31. The molecule has 33 heavy (non-hydrogen) atoms. The molecule has 0 bridgehead atoms. The average Bonchev–Trinajstić information content (AvgIpc) is 3.15. The Morgan fingerprint density at radius 3 is 2.61 bits per heavy atom. The van der Waals surface area contributed by atoms with Gasteiger partial charge in [0.1, 0.15) is 0 Å². The van der Waals surface area contributed by atoms with E-state index < -0.39 is 17.6 Å². The number of amides is 1. The molecule has 172 valence electrons. The summed E-state index contributed by atoms with van der Waals surface area (Å²) >= 11 is 2.53. The van der Waals surface area contributed by atoms with Crippen molar-refractivity contribution >= 4 is 35.1 Å². The number of carbonyl (C=O) groups excluding carboxylic acids is 1. The van der Waals surface area contributed by atoms with E-state index in [1.54, 1.807) is 0 Å². The van der Waals surface area contributed by atoms with Gasteiger partial charge in [-0.15, -0.1) is 11.8 Å². The summed E-state index contributed by atoms with van der Waals surface area (Å²) in [4.78, 5) is 30.9. The van der Waals surface area contributed by atoms with E-state index in [0.29, 0.717) is 22.2 Å². The number of fused-ring (bicyclic) bond motifs is 1. The van der Waals surface area contributed by atoms with Gasteiger partial charge in [-0.1, -0.05) is 61.2 Å². The Balaban J connectivity index is 1.57. The molecule has 10 heteroatoms. The number of thioether (sulfide) groups is 2. The van der Waals surface area contributed by atoms with E-state index in [1.165, 1.54) is 34.5 Å². The number of rotatable bonds is 6. The summed E-state index contributed by atoms with van der Waals surface area (Å²) in [7, 11) is 0. The SMILES string of the molecule is C[C@H]1Cc2nc(SCC(=O)Nc3ccccc3C(F)(F)F)n(Cc3ccccc3)c(=O)c2S1. The molecule has 2 aromatic carbocycles. The Kier molecular flexibility index (Phi) is 6.85. The Morgan fingerprint density at radius 1 is 1.18 bits per heavy atom. The van der Waals surface area contributed by atoms with Crippen molar-refractivity contribution < 1.29 is 18.0 Å². The van der Waals surface area contributed by atoms with Crippen LogP contribution in [-0.4, -0.2) is 26.5 Å². The fraction of sp³-hybridized carbons (Fsp3) is 0.261. The molecule has 0 fully saturated rings. The molecule has 1 amide bonds. The highest BCUT2D eigenvalue weighted by molar-refractivity contribution is 8.00. The third-order valence-corrected chi connectivity index (χ3v) is 7.18. The van der Waals surface area contributed by atoms with Crippen LogP contribution < -0.4 is 10.9 Å². The van der Waals surface area contributed by atoms with E-state index in [9.17, 15) is 22.8 Å². The van der Waals surface area contributed by atoms with Gasteiger partial charge in [0.05, 0.1) is 34.1 Å². The largest absolute Gasteiger partial charge is 0.418 e. The maximum Gasteiger partial charge on any atom is 0.418 e. The van der Waals surface area contributed by atoms with Gasteiger partial charge in [-0.3, -0.25) is 14.2 Å². The van der Waals surface area contributed by atoms with E-state index >= 15 is 0 Å². The van der Waals surface area contributed by atoms with Gasteiger partial charge in [-0.25, -0.2) is 4.98 Å². The van der Waals surface area contributed by atoms with Gasteiger partial charge in [0.25, 0.3) is 5.56 Å². The van der Waals surface area contributed by atoms with E-state index in [1.807, 2.05) is 37.3 Å². The van der Waals surface area contributed by atoms with Crippen LogP contribution in [0.5, 0.6) is 0 Å². The lowest BCUT2D eigenvalue weighted by atomic mass is 10.1. The highest BCUT2D eigenvalue weighted by Gasteiger charge is 2.33. The van der Waals surface area contributed by atoms with E-state index in [4.69, 9.17) is 0 Å². The molecule has 3 aromatic rings. The third kappa shape index (κ3) is 5.44. The van der Waals surface area contributed by atoms with Gasteiger partial charge >= 0.3 is 6.18 Å². The Morgan fingerprint density at radius 2 is 1.88 bits per heavy atom. The minimum Gasteiger partial charge on any atom is -0.325 e. The number of hydrogen-bond acceptors (Lipinski definition) is 5. The molecule has 0 saturated heterocycles. The number of benzene rings is 2. The van der Waals surface area contributed by atoms with E-state index in [2.05, 4.69) is 10.3 Å². The Labute approximate surface area is 196 Å². The van der Waals surface area contributed by atoms with Crippen LogP contribution in [0.15, 0.2) is 69.4 Å². The van der Waals surface area contributed by atoms with Crippen molar-refractivity contribution in [3.63, 3.8) is 0 Å². The molecule has 5 nitrogen and oxygen atoms in total. The standard InChI is InChI=1S/C23H20F3N3O2S2/c1-14-11-18-20(33-14)21(31)29(12-15-7-3-2-4-8-15)22(28-18)32-13-19(30)27-17-10-6-5-9-16(17)23(24,25)26/h2-10,14H,11-13H2,1H3,(H,27,30)/t14-/m0/s1. The molecular formula is C23H20F3N3O2S2. The van der Waals surface area contributed by atoms with Crippen LogP contribution in [0.1, 0.15) is 23.7 Å². The summed E-state index contributed by atoms with van der Waals surface area (Å²) in [6, 6.07) is 14.2. The average molecular weight is 492 g/mol. The second-order valence-electron chi connectivity index (χ2n) is 7.56. The van der Waals surface area contributed by atoms with Crippen LogP contribution in [0, 0.1) is 0 Å². The monoisotopic (exact) mass is 491 g/mol. The van der Waals surface area contributed by atoms with Crippen LogP contribution in [0.3, 0.4) is 0 Å². The molecule has 1 aliphatic heterocycles. The lowest BCUT2D eigenvalue weighted by Crippen LogP contribution is -2.26. The predicted molar refractivity (Wildman–Crippen MR) is 124 cm³/mol. The maximum atomic E-state index is 13.2. The zero-order chi connectivity index (χ0) is 23.6. The number of halogens is 3. The van der Waals surface area contributed by atoms with Crippen LogP contribution in [0.4, 0.5) is 18.9 Å². The van der Waals surface area contributed by atoms with Crippen LogP contribution in [0.2, 0.25) is 0 Å². The minimum atomic E-state index is -4.58. The highest BCUT2D eigenvalue weighted by atomic mass is 32.2. The van der Waals surface area contributed by atoms with E-state index in [-0.39, 0.29) is 28.8 Å². The molecule has 1 aliphatic rings. The molecule has 0 aliphatic carbocycles. The molecule has 2 heterocycles. The first-order valence-electron chi connectivity index (χ1n) is 10.2. The number of nitrogens with zero attached hydrogens (tertiary/aromatic N) is 2. The maximum absolute atomic E-state index is 13.2. The van der Waals surface area contributed by atoms with Gasteiger partial charge < -0.3 is 5.32 Å². The molecule has 0 radical (unpaired) electrons. The number of alkyl halides is 3. The molecule has 1 atom stereocenters. The van der Waals surface area contributed by atoms with Gasteiger partial charge in [0, 0.05) is 11.7 Å². The summed E-state index contributed by atoms with van der Waals surface area (Å²) in [5.41, 5.74) is 0.230. The summed E-state index contributed by atoms with van der Waals surface area (Å²) in [6.07, 6.45) is -3.93. The van der Waals surface area contributed by atoms with Crippen molar-refractivity contribution in [1.82, 2.24) is 9.55 Å². The number of nitrogens with one attached hydrogen (secondary N) is 1. The topological polar surface area (TPSA) is 64.0 Å². The summed E-state index contributed by atoms with van der Waals surface area (Å²) in [5.74, 6) is -0.796. The summed E-state index contributed by atoms with van der Waals surface area (Å²) in [5, 5.41) is 2.93. The zero-order valence-electron chi connectivity index (χ0n) is 17.6. The number of anilines is 1. The number of para-hydroxylation sites is 1. The number of carbonyl (C=O) groups is 1. The second kappa shape index (κ2) is 9.64. The van der Waals surface area contributed by atoms with Gasteiger partial charge in [0.15, 0.2) is 5.16 Å². The van der Waals surface area contributed by atoms with Crippen LogP contribution in [-0.2, 0) is 23.9 Å². The second-order valence-corrected chi connectivity index (χ2v) is 9.95. The summed E-state index contributed by atoms with van der Waals surface area (Å²) < 4.78 is 41.1. The van der Waals surface area contributed by atoms with Gasteiger partial charge in [-0.2, -0.15) is 13.2 Å². The fourth-order valence-corrected chi connectivity index (χ4v) is 5.43. The Hall–Kier alpha value is -2.72. The van der Waals surface area contributed by atoms with Gasteiger partial charge in [-0.05, 0) is 17.7 Å². The molecule has 1 N–H and O–H groups in total. The first-order valence-corrected chi connectivity index (χ1v) is 12.0. The van der Waals surface area contributed by atoms with Crippen molar-refractivity contribution in [3.05, 3.63) is 81.8 Å². The van der Waals surface area contributed by atoms with Crippen molar-refractivity contribution in [2.45, 2.75) is 41.4 Å². The first-order chi connectivity index (χ1) is 15.7. The number of hydrogen-bond donors (Lipinski definition) is 1. The first kappa shape index (κ1) is 23.4. The van der Waals surface area contributed by atoms with E-state index in [0.717, 1.165) is 23.4 Å². The smallest absolute Gasteiger partial charge is 0.325 e. The van der Waals surface area contributed by atoms with Crippen LogP contribution in [0.25, 0.3) is 0 Å². The quantitative estimate of drug-likeness (QED) is 0.385. The predicted octanol–water partition coefficient (Wildman–Crippen LogP) is 5.08. The van der Waals surface area contributed by atoms with Crippen molar-refractivity contribution in [3.8, 4) is 0 Å².